The number of hydrogen-bond donors (Lipinski definition) is 2. The molecule has 6 nitrogen and oxygen atoms in total. The predicted molar refractivity (Wildman–Crippen MR) is 105 cm³/mol. The summed E-state index contributed by atoms with van der Waals surface area (Å²) in [6, 6.07) is 11.1. The Hall–Kier alpha value is -2.37. The van der Waals surface area contributed by atoms with Crippen molar-refractivity contribution in [3.8, 4) is 0 Å². The summed E-state index contributed by atoms with van der Waals surface area (Å²) in [6.07, 6.45) is 8.78. The number of aryl methyl sites for hydroxylation is 1. The Kier molecular flexibility index (Phi) is 7.05. The quantitative estimate of drug-likeness (QED) is 0.565. The van der Waals surface area contributed by atoms with Gasteiger partial charge in [0, 0.05) is 32.1 Å². The van der Waals surface area contributed by atoms with Gasteiger partial charge < -0.3 is 15.2 Å². The minimum atomic E-state index is 0.555. The van der Waals surface area contributed by atoms with E-state index in [4.69, 9.17) is 4.99 Å². The van der Waals surface area contributed by atoms with Gasteiger partial charge in [-0.1, -0.05) is 50.1 Å². The number of hydrogen-bond acceptors (Lipinski definition) is 3. The molecule has 1 aliphatic rings. The Labute approximate surface area is 156 Å². The molecule has 1 aliphatic carbocycles. The molecule has 0 saturated heterocycles. The molecular formula is C20H30N6. The summed E-state index contributed by atoms with van der Waals surface area (Å²) in [4.78, 5) is 4.80. The molecule has 1 aromatic heterocycles. The number of guanidine groups is 1. The molecule has 26 heavy (non-hydrogen) atoms. The lowest BCUT2D eigenvalue weighted by molar-refractivity contribution is 0.593. The van der Waals surface area contributed by atoms with E-state index >= 15 is 0 Å². The second-order valence-electron chi connectivity index (χ2n) is 6.81. The fourth-order valence-electron chi connectivity index (χ4n) is 3.39. The zero-order chi connectivity index (χ0) is 18.0. The van der Waals surface area contributed by atoms with Crippen LogP contribution in [0, 0.1) is 0 Å². The third-order valence-corrected chi connectivity index (χ3v) is 4.87. The van der Waals surface area contributed by atoms with Crippen LogP contribution in [0.5, 0.6) is 0 Å². The zero-order valence-electron chi connectivity index (χ0n) is 15.7. The van der Waals surface area contributed by atoms with E-state index in [9.17, 15) is 0 Å². The Bertz CT molecular complexity index is 673. The summed E-state index contributed by atoms with van der Waals surface area (Å²) in [7, 11) is 0. The number of aliphatic imine (C=N–C) groups is 1. The van der Waals surface area contributed by atoms with Crippen molar-refractivity contribution in [2.45, 2.75) is 58.0 Å². The summed E-state index contributed by atoms with van der Waals surface area (Å²) < 4.78 is 2.10. The Morgan fingerprint density at radius 2 is 2.04 bits per heavy atom. The van der Waals surface area contributed by atoms with Crippen LogP contribution in [0.2, 0.25) is 0 Å². The molecule has 140 valence electrons. The SMILES string of the molecule is CCc1nncn1CCNC(=NCCc1ccccc1)NC1CCCC1. The number of nitrogens with one attached hydrogen (secondary N) is 2. The molecule has 1 heterocycles. The smallest absolute Gasteiger partial charge is 0.191 e. The molecule has 0 bridgehead atoms. The summed E-state index contributed by atoms with van der Waals surface area (Å²) in [5.41, 5.74) is 1.33. The summed E-state index contributed by atoms with van der Waals surface area (Å²) in [6.45, 7) is 4.56. The van der Waals surface area contributed by atoms with E-state index in [0.29, 0.717) is 6.04 Å². The fourth-order valence-corrected chi connectivity index (χ4v) is 3.39. The largest absolute Gasteiger partial charge is 0.355 e. The lowest BCUT2D eigenvalue weighted by atomic mass is 10.2. The van der Waals surface area contributed by atoms with Crippen LogP contribution in [0.3, 0.4) is 0 Å². The van der Waals surface area contributed by atoms with Crippen molar-refractivity contribution in [1.29, 1.82) is 0 Å². The maximum atomic E-state index is 4.80. The summed E-state index contributed by atoms with van der Waals surface area (Å²) >= 11 is 0. The standard InChI is InChI=1S/C20H30N6/c1-2-19-25-23-16-26(19)15-14-22-20(24-18-10-6-7-11-18)21-13-12-17-8-4-3-5-9-17/h3-5,8-9,16,18H,2,6-7,10-15H2,1H3,(H2,21,22,24). The molecule has 0 amide bonds. The third-order valence-electron chi connectivity index (χ3n) is 4.87. The van der Waals surface area contributed by atoms with E-state index in [2.05, 4.69) is 62.7 Å². The molecule has 0 unspecified atom stereocenters. The van der Waals surface area contributed by atoms with Gasteiger partial charge in [-0.2, -0.15) is 0 Å². The lowest BCUT2D eigenvalue weighted by Gasteiger charge is -2.18. The van der Waals surface area contributed by atoms with E-state index in [1.807, 2.05) is 0 Å². The zero-order valence-corrected chi connectivity index (χ0v) is 15.7. The van der Waals surface area contributed by atoms with Crippen molar-refractivity contribution in [3.05, 3.63) is 48.0 Å². The van der Waals surface area contributed by atoms with E-state index in [1.54, 1.807) is 6.33 Å². The van der Waals surface area contributed by atoms with E-state index in [1.165, 1.54) is 31.2 Å². The molecule has 2 N–H and O–H groups in total. The van der Waals surface area contributed by atoms with Gasteiger partial charge in [0.15, 0.2) is 5.96 Å². The minimum Gasteiger partial charge on any atom is -0.355 e. The molecule has 3 rings (SSSR count). The van der Waals surface area contributed by atoms with Crippen molar-refractivity contribution in [2.75, 3.05) is 13.1 Å². The highest BCUT2D eigenvalue weighted by Crippen LogP contribution is 2.17. The number of nitrogens with zero attached hydrogens (tertiary/aromatic N) is 4. The van der Waals surface area contributed by atoms with Gasteiger partial charge in [0.25, 0.3) is 0 Å². The Balaban J connectivity index is 1.52. The van der Waals surface area contributed by atoms with Crippen LogP contribution in [0.4, 0.5) is 0 Å². The maximum absolute atomic E-state index is 4.80. The first-order valence-corrected chi connectivity index (χ1v) is 9.80. The third kappa shape index (κ3) is 5.58. The molecule has 0 atom stereocenters. The van der Waals surface area contributed by atoms with Crippen LogP contribution in [-0.2, 0) is 19.4 Å². The van der Waals surface area contributed by atoms with E-state index in [-0.39, 0.29) is 0 Å². The molecule has 1 saturated carbocycles. The van der Waals surface area contributed by atoms with Crippen molar-refractivity contribution >= 4 is 5.96 Å². The van der Waals surface area contributed by atoms with Crippen molar-refractivity contribution in [3.63, 3.8) is 0 Å². The normalized spacial score (nSPS) is 15.3. The highest BCUT2D eigenvalue weighted by molar-refractivity contribution is 5.80. The topological polar surface area (TPSA) is 67.1 Å². The van der Waals surface area contributed by atoms with Crippen LogP contribution in [0.1, 0.15) is 44.0 Å². The molecule has 0 radical (unpaired) electrons. The lowest BCUT2D eigenvalue weighted by Crippen LogP contribution is -2.43. The minimum absolute atomic E-state index is 0.555. The van der Waals surface area contributed by atoms with Gasteiger partial charge in [-0.05, 0) is 24.8 Å². The number of benzene rings is 1. The average molecular weight is 355 g/mol. The van der Waals surface area contributed by atoms with Gasteiger partial charge in [-0.25, -0.2) is 0 Å². The molecule has 1 aromatic carbocycles. The van der Waals surface area contributed by atoms with Crippen LogP contribution < -0.4 is 10.6 Å². The first-order valence-electron chi connectivity index (χ1n) is 9.80. The summed E-state index contributed by atoms with van der Waals surface area (Å²) in [5, 5.41) is 15.2. The molecule has 0 aliphatic heterocycles. The van der Waals surface area contributed by atoms with Gasteiger partial charge in [-0.3, -0.25) is 4.99 Å². The van der Waals surface area contributed by atoms with Crippen molar-refractivity contribution in [2.24, 2.45) is 4.99 Å². The molecule has 0 spiro atoms. The number of aromatic nitrogens is 3. The maximum Gasteiger partial charge on any atom is 0.191 e. The second-order valence-corrected chi connectivity index (χ2v) is 6.81. The highest BCUT2D eigenvalue weighted by Gasteiger charge is 2.16. The van der Waals surface area contributed by atoms with Crippen molar-refractivity contribution in [1.82, 2.24) is 25.4 Å². The number of rotatable bonds is 8. The van der Waals surface area contributed by atoms with Gasteiger partial charge in [0.2, 0.25) is 0 Å². The molecule has 6 heteroatoms. The molecular weight excluding hydrogens is 324 g/mol. The molecule has 2 aromatic rings. The van der Waals surface area contributed by atoms with Crippen LogP contribution in [0.15, 0.2) is 41.7 Å². The predicted octanol–water partition coefficient (Wildman–Crippen LogP) is 2.56. The van der Waals surface area contributed by atoms with E-state index in [0.717, 1.165) is 44.3 Å². The first-order chi connectivity index (χ1) is 12.8. The van der Waals surface area contributed by atoms with E-state index < -0.39 is 0 Å². The fraction of sp³-hybridized carbons (Fsp3) is 0.550. The summed E-state index contributed by atoms with van der Waals surface area (Å²) in [5.74, 6) is 1.96. The van der Waals surface area contributed by atoms with Gasteiger partial charge >= 0.3 is 0 Å². The average Bonchev–Trinajstić information content (AvgIpc) is 3.34. The first kappa shape index (κ1) is 18.4. The van der Waals surface area contributed by atoms with Gasteiger partial charge in [-0.15, -0.1) is 10.2 Å². The van der Waals surface area contributed by atoms with Gasteiger partial charge in [0.1, 0.15) is 12.2 Å². The van der Waals surface area contributed by atoms with Crippen LogP contribution in [-0.4, -0.2) is 39.9 Å². The second kappa shape index (κ2) is 9.94. The van der Waals surface area contributed by atoms with Crippen molar-refractivity contribution < 1.29 is 0 Å². The highest BCUT2D eigenvalue weighted by atomic mass is 15.3. The Morgan fingerprint density at radius 3 is 2.81 bits per heavy atom. The monoisotopic (exact) mass is 354 g/mol. The Morgan fingerprint density at radius 1 is 1.23 bits per heavy atom. The van der Waals surface area contributed by atoms with Crippen LogP contribution in [0.25, 0.3) is 0 Å². The molecule has 1 fully saturated rings. The van der Waals surface area contributed by atoms with Crippen LogP contribution >= 0.6 is 0 Å². The van der Waals surface area contributed by atoms with Gasteiger partial charge in [0.05, 0.1) is 0 Å².